The maximum absolute atomic E-state index is 12.3. The molecule has 10 atom stereocenters. The highest BCUT2D eigenvalue weighted by Gasteiger charge is 2.80. The van der Waals surface area contributed by atoms with Crippen molar-refractivity contribution in [1.29, 1.82) is 0 Å². The average Bonchev–Trinajstić information content (AvgIpc) is 3.26. The standard InChI is InChI=1S/C26H36O9/c1-14-10-22(34-17(4)29)25(12-31-15(2)27)19(6-7-20(33-16(3)28)26(25)13-32-26)24(14,5)21-11-18-8-9-30-23(18)35-21/h8-9,14,18-23H,6-7,10-13H2,1-5H3/t14-,18-,19-,20-,21?,22+,23+,24+,25+,26-/m1/s1. The minimum absolute atomic E-state index is 0.0149. The van der Waals surface area contributed by atoms with Gasteiger partial charge in [0.15, 0.2) is 0 Å². The number of carbonyl (C=O) groups is 3. The van der Waals surface area contributed by atoms with E-state index in [0.29, 0.717) is 25.9 Å². The van der Waals surface area contributed by atoms with Crippen molar-refractivity contribution in [2.24, 2.45) is 28.6 Å². The van der Waals surface area contributed by atoms with Crippen LogP contribution in [0.25, 0.3) is 0 Å². The Morgan fingerprint density at radius 3 is 2.29 bits per heavy atom. The summed E-state index contributed by atoms with van der Waals surface area (Å²) in [6.45, 7) is 8.93. The van der Waals surface area contributed by atoms with Crippen LogP contribution in [-0.4, -0.2) is 61.3 Å². The van der Waals surface area contributed by atoms with Crippen molar-refractivity contribution in [3.63, 3.8) is 0 Å². The molecule has 2 aliphatic carbocycles. The van der Waals surface area contributed by atoms with Crippen LogP contribution >= 0.6 is 0 Å². The molecule has 0 amide bonds. The van der Waals surface area contributed by atoms with Crippen molar-refractivity contribution in [2.75, 3.05) is 13.2 Å². The molecule has 0 aromatic heterocycles. The maximum Gasteiger partial charge on any atom is 0.303 e. The van der Waals surface area contributed by atoms with E-state index in [4.69, 9.17) is 28.4 Å². The maximum atomic E-state index is 12.3. The molecule has 0 bridgehead atoms. The van der Waals surface area contributed by atoms with Crippen LogP contribution in [0.4, 0.5) is 0 Å². The summed E-state index contributed by atoms with van der Waals surface area (Å²) >= 11 is 0. The van der Waals surface area contributed by atoms with Crippen LogP contribution in [-0.2, 0) is 42.8 Å². The van der Waals surface area contributed by atoms with E-state index >= 15 is 0 Å². The minimum Gasteiger partial charge on any atom is -0.472 e. The van der Waals surface area contributed by atoms with Gasteiger partial charge in [-0.2, -0.15) is 0 Å². The molecule has 1 unspecified atom stereocenters. The van der Waals surface area contributed by atoms with Gasteiger partial charge in [-0.1, -0.05) is 13.8 Å². The lowest BCUT2D eigenvalue weighted by atomic mass is 9.42. The number of hydrogen-bond donors (Lipinski definition) is 0. The van der Waals surface area contributed by atoms with Gasteiger partial charge in [0.2, 0.25) is 6.29 Å². The van der Waals surface area contributed by atoms with E-state index in [1.165, 1.54) is 20.8 Å². The topological polar surface area (TPSA) is 110 Å². The van der Waals surface area contributed by atoms with E-state index in [1.54, 1.807) is 6.26 Å². The largest absolute Gasteiger partial charge is 0.472 e. The molecule has 35 heavy (non-hydrogen) atoms. The predicted molar refractivity (Wildman–Crippen MR) is 120 cm³/mol. The van der Waals surface area contributed by atoms with Gasteiger partial charge in [0.25, 0.3) is 0 Å². The lowest BCUT2D eigenvalue weighted by Crippen LogP contribution is -2.72. The summed E-state index contributed by atoms with van der Waals surface area (Å²) in [5.74, 6) is -0.960. The van der Waals surface area contributed by atoms with Gasteiger partial charge in [0.05, 0.1) is 24.4 Å². The minimum atomic E-state index is -0.899. The molecule has 9 nitrogen and oxygen atoms in total. The number of epoxide rings is 1. The monoisotopic (exact) mass is 492 g/mol. The summed E-state index contributed by atoms with van der Waals surface area (Å²) in [6.07, 6.45) is 4.96. The van der Waals surface area contributed by atoms with Crippen LogP contribution in [0.2, 0.25) is 0 Å². The SMILES string of the molecule is CC(=O)OC[C@@]12[C@@H](OC(C)=O)C[C@@H](C)[C@](C)(C3C[C@H]4C=CO[C@H]4O3)[C@H]1CC[C@@H](OC(C)=O)[C@]21CO1. The van der Waals surface area contributed by atoms with Gasteiger partial charge in [-0.15, -0.1) is 0 Å². The zero-order valence-electron chi connectivity index (χ0n) is 21.1. The van der Waals surface area contributed by atoms with E-state index in [-0.39, 0.29) is 42.2 Å². The van der Waals surface area contributed by atoms with E-state index < -0.39 is 41.1 Å². The quantitative estimate of drug-likeness (QED) is 0.325. The Labute approximate surface area is 205 Å². The van der Waals surface area contributed by atoms with Crippen molar-refractivity contribution in [2.45, 2.75) is 90.5 Å². The molecule has 1 spiro atoms. The van der Waals surface area contributed by atoms with Gasteiger partial charge in [-0.25, -0.2) is 0 Å². The van der Waals surface area contributed by atoms with E-state index in [2.05, 4.69) is 19.9 Å². The van der Waals surface area contributed by atoms with Gasteiger partial charge in [0, 0.05) is 32.1 Å². The number of ether oxygens (including phenoxy) is 6. The van der Waals surface area contributed by atoms with Crippen molar-refractivity contribution >= 4 is 17.9 Å². The van der Waals surface area contributed by atoms with Crippen LogP contribution in [0, 0.1) is 28.6 Å². The number of hydrogen-bond acceptors (Lipinski definition) is 9. The second kappa shape index (κ2) is 8.47. The summed E-state index contributed by atoms with van der Waals surface area (Å²) in [6, 6.07) is 0. The summed E-state index contributed by atoms with van der Waals surface area (Å²) in [5.41, 5.74) is -2.14. The van der Waals surface area contributed by atoms with Gasteiger partial charge < -0.3 is 28.4 Å². The molecule has 5 rings (SSSR count). The van der Waals surface area contributed by atoms with Gasteiger partial charge in [0.1, 0.15) is 24.4 Å². The van der Waals surface area contributed by atoms with Crippen LogP contribution in [0.5, 0.6) is 0 Å². The Balaban J connectivity index is 1.62. The summed E-state index contributed by atoms with van der Waals surface area (Å²) in [4.78, 5) is 36.4. The zero-order chi connectivity index (χ0) is 25.2. The smallest absolute Gasteiger partial charge is 0.303 e. The summed E-state index contributed by atoms with van der Waals surface area (Å²) < 4.78 is 35.9. The number of rotatable bonds is 5. The van der Waals surface area contributed by atoms with E-state index in [1.807, 2.05) is 0 Å². The molecule has 0 aromatic carbocycles. The molecular weight excluding hydrogens is 456 g/mol. The molecular formula is C26H36O9. The Bertz CT molecular complexity index is 926. The van der Waals surface area contributed by atoms with Gasteiger partial charge in [-0.3, -0.25) is 14.4 Å². The van der Waals surface area contributed by atoms with E-state index in [9.17, 15) is 14.4 Å². The fraction of sp³-hybridized carbons (Fsp3) is 0.808. The molecule has 4 fully saturated rings. The van der Waals surface area contributed by atoms with Crippen molar-refractivity contribution in [1.82, 2.24) is 0 Å². The first-order valence-electron chi connectivity index (χ1n) is 12.6. The Kier molecular flexibility index (Phi) is 5.95. The third-order valence-corrected chi connectivity index (χ3v) is 9.55. The molecule has 194 valence electrons. The van der Waals surface area contributed by atoms with E-state index in [0.717, 1.165) is 6.42 Å². The van der Waals surface area contributed by atoms with Gasteiger partial charge in [-0.05, 0) is 43.6 Å². The van der Waals surface area contributed by atoms with Gasteiger partial charge >= 0.3 is 17.9 Å². The molecule has 3 heterocycles. The zero-order valence-corrected chi connectivity index (χ0v) is 21.1. The number of esters is 3. The number of fused-ring (bicyclic) bond motifs is 3. The van der Waals surface area contributed by atoms with Crippen molar-refractivity contribution in [3.8, 4) is 0 Å². The summed E-state index contributed by atoms with van der Waals surface area (Å²) in [5, 5.41) is 0. The first-order valence-corrected chi connectivity index (χ1v) is 12.6. The predicted octanol–water partition coefficient (Wildman–Crippen LogP) is 2.90. The molecule has 2 saturated carbocycles. The third kappa shape index (κ3) is 3.60. The Hall–Kier alpha value is -2.13. The average molecular weight is 493 g/mol. The van der Waals surface area contributed by atoms with Crippen molar-refractivity contribution < 1.29 is 42.8 Å². The van der Waals surface area contributed by atoms with Crippen LogP contribution in [0.15, 0.2) is 12.3 Å². The lowest BCUT2D eigenvalue weighted by molar-refractivity contribution is -0.269. The highest BCUT2D eigenvalue weighted by molar-refractivity contribution is 5.67. The first kappa shape index (κ1) is 24.6. The highest BCUT2D eigenvalue weighted by Crippen LogP contribution is 2.70. The lowest BCUT2D eigenvalue weighted by Gasteiger charge is -2.64. The van der Waals surface area contributed by atoms with Crippen LogP contribution < -0.4 is 0 Å². The molecule has 2 saturated heterocycles. The first-order chi connectivity index (χ1) is 16.5. The molecule has 0 N–H and O–H groups in total. The van der Waals surface area contributed by atoms with Crippen molar-refractivity contribution in [3.05, 3.63) is 12.3 Å². The Morgan fingerprint density at radius 1 is 1.00 bits per heavy atom. The molecule has 5 aliphatic rings. The third-order valence-electron chi connectivity index (χ3n) is 9.55. The van der Waals surface area contributed by atoms with Crippen LogP contribution in [0.3, 0.4) is 0 Å². The molecule has 3 aliphatic heterocycles. The number of carbonyl (C=O) groups excluding carboxylic acids is 3. The fourth-order valence-corrected chi connectivity index (χ4v) is 7.82. The second-order valence-corrected chi connectivity index (χ2v) is 11.2. The molecule has 9 heteroatoms. The fourth-order valence-electron chi connectivity index (χ4n) is 7.82. The molecule has 0 radical (unpaired) electrons. The summed E-state index contributed by atoms with van der Waals surface area (Å²) in [7, 11) is 0. The normalized spacial score (nSPS) is 47.4. The Morgan fingerprint density at radius 2 is 1.69 bits per heavy atom. The van der Waals surface area contributed by atoms with Crippen LogP contribution in [0.1, 0.15) is 60.3 Å². The molecule has 0 aromatic rings. The highest BCUT2D eigenvalue weighted by atomic mass is 16.7. The second-order valence-electron chi connectivity index (χ2n) is 11.2.